The molecule has 0 saturated carbocycles. The van der Waals surface area contributed by atoms with Gasteiger partial charge in [-0.25, -0.2) is 4.98 Å². The van der Waals surface area contributed by atoms with E-state index in [1.807, 2.05) is 20.8 Å². The Labute approximate surface area is 59.7 Å². The van der Waals surface area contributed by atoms with Crippen molar-refractivity contribution in [3.05, 3.63) is 12.1 Å². The molecule has 0 saturated heterocycles. The van der Waals surface area contributed by atoms with Crippen LogP contribution in [0.4, 0.5) is 0 Å². The van der Waals surface area contributed by atoms with Gasteiger partial charge in [0.25, 0.3) is 0 Å². The molecule has 56 valence electrons. The number of aromatic nitrogens is 1. The quantitative estimate of drug-likeness (QED) is 0.597. The van der Waals surface area contributed by atoms with Gasteiger partial charge in [0.2, 0.25) is 5.89 Å². The lowest BCUT2D eigenvalue weighted by Crippen LogP contribution is -2.10. The molecule has 0 fully saturated rings. The zero-order chi connectivity index (χ0) is 7.78. The maximum Gasteiger partial charge on any atom is 0.302 e. The van der Waals surface area contributed by atoms with E-state index in [4.69, 9.17) is 9.52 Å². The minimum Gasteiger partial charge on any atom is -0.480 e. The van der Waals surface area contributed by atoms with Crippen molar-refractivity contribution in [1.82, 2.24) is 4.98 Å². The van der Waals surface area contributed by atoms with Crippen LogP contribution in [0, 0.1) is 0 Å². The second-order valence-corrected chi connectivity index (χ2v) is 3.25. The second kappa shape index (κ2) is 2.01. The predicted octanol–water partition coefficient (Wildman–Crippen LogP) is 1.68. The van der Waals surface area contributed by atoms with Crippen LogP contribution in [0.5, 0.6) is 5.95 Å². The lowest BCUT2D eigenvalue weighted by Gasteiger charge is -2.11. The van der Waals surface area contributed by atoms with Gasteiger partial charge >= 0.3 is 5.95 Å². The molecule has 0 unspecified atom stereocenters. The molecule has 1 heterocycles. The van der Waals surface area contributed by atoms with E-state index in [-0.39, 0.29) is 11.4 Å². The normalized spacial score (nSPS) is 11.9. The molecule has 1 aromatic heterocycles. The summed E-state index contributed by atoms with van der Waals surface area (Å²) in [7, 11) is 0. The smallest absolute Gasteiger partial charge is 0.302 e. The average Bonchev–Trinajstić information content (AvgIpc) is 2.11. The Kier molecular flexibility index (Phi) is 1.43. The van der Waals surface area contributed by atoms with Crippen molar-refractivity contribution in [2.24, 2.45) is 0 Å². The SMILES string of the molecule is CC(C)(C)c1ncc(O)o1. The monoisotopic (exact) mass is 141 g/mol. The highest BCUT2D eigenvalue weighted by atomic mass is 16.5. The summed E-state index contributed by atoms with van der Waals surface area (Å²) in [5.41, 5.74) is -0.124. The van der Waals surface area contributed by atoms with Gasteiger partial charge in [-0.2, -0.15) is 0 Å². The van der Waals surface area contributed by atoms with Gasteiger partial charge in [0.15, 0.2) is 0 Å². The van der Waals surface area contributed by atoms with Crippen molar-refractivity contribution < 1.29 is 9.52 Å². The van der Waals surface area contributed by atoms with Gasteiger partial charge in [-0.05, 0) is 0 Å². The molecule has 0 bridgehead atoms. The first-order valence-electron chi connectivity index (χ1n) is 3.15. The van der Waals surface area contributed by atoms with E-state index in [0.29, 0.717) is 5.89 Å². The van der Waals surface area contributed by atoms with Crippen molar-refractivity contribution in [3.63, 3.8) is 0 Å². The predicted molar refractivity (Wildman–Crippen MR) is 36.9 cm³/mol. The first-order chi connectivity index (χ1) is 4.50. The van der Waals surface area contributed by atoms with Gasteiger partial charge in [-0.3, -0.25) is 0 Å². The molecule has 0 aliphatic rings. The Morgan fingerprint density at radius 3 is 2.30 bits per heavy atom. The highest BCUT2D eigenvalue weighted by Crippen LogP contribution is 2.23. The minimum atomic E-state index is -0.124. The largest absolute Gasteiger partial charge is 0.480 e. The minimum absolute atomic E-state index is 0.120. The van der Waals surface area contributed by atoms with Gasteiger partial charge < -0.3 is 9.52 Å². The third-order valence-electron chi connectivity index (χ3n) is 1.14. The molecule has 0 aliphatic heterocycles. The van der Waals surface area contributed by atoms with Crippen molar-refractivity contribution >= 4 is 0 Å². The Bertz CT molecular complexity index is 222. The van der Waals surface area contributed by atoms with E-state index in [9.17, 15) is 0 Å². The summed E-state index contributed by atoms with van der Waals surface area (Å²) in [5, 5.41) is 8.79. The second-order valence-electron chi connectivity index (χ2n) is 3.25. The maximum absolute atomic E-state index is 8.79. The van der Waals surface area contributed by atoms with Crippen LogP contribution in [-0.4, -0.2) is 10.1 Å². The van der Waals surface area contributed by atoms with E-state index < -0.39 is 0 Å². The maximum atomic E-state index is 8.79. The number of nitrogens with zero attached hydrogens (tertiary/aromatic N) is 1. The lowest BCUT2D eigenvalue weighted by molar-refractivity contribution is 0.291. The molecule has 1 rings (SSSR count). The molecule has 0 amide bonds. The summed E-state index contributed by atoms with van der Waals surface area (Å²) < 4.78 is 4.89. The first-order valence-corrected chi connectivity index (χ1v) is 3.15. The van der Waals surface area contributed by atoms with E-state index >= 15 is 0 Å². The number of hydrogen-bond acceptors (Lipinski definition) is 3. The Balaban J connectivity index is 2.96. The summed E-state index contributed by atoms with van der Waals surface area (Å²) in [4.78, 5) is 3.87. The third-order valence-corrected chi connectivity index (χ3v) is 1.14. The van der Waals surface area contributed by atoms with Crippen molar-refractivity contribution in [3.8, 4) is 5.95 Å². The number of aromatic hydroxyl groups is 1. The highest BCUT2D eigenvalue weighted by Gasteiger charge is 2.19. The molecule has 3 heteroatoms. The van der Waals surface area contributed by atoms with Crippen LogP contribution in [-0.2, 0) is 5.41 Å². The molecule has 1 N–H and O–H groups in total. The van der Waals surface area contributed by atoms with E-state index in [0.717, 1.165) is 0 Å². The highest BCUT2D eigenvalue weighted by molar-refractivity contribution is 5.04. The Hall–Kier alpha value is -0.990. The number of hydrogen-bond donors (Lipinski definition) is 1. The molecule has 0 spiro atoms. The third kappa shape index (κ3) is 1.29. The first kappa shape index (κ1) is 7.12. The molecule has 1 aromatic rings. The van der Waals surface area contributed by atoms with Gasteiger partial charge in [0.05, 0.1) is 0 Å². The van der Waals surface area contributed by atoms with Crippen LogP contribution >= 0.6 is 0 Å². The van der Waals surface area contributed by atoms with E-state index in [2.05, 4.69) is 4.98 Å². The van der Waals surface area contributed by atoms with E-state index in [1.165, 1.54) is 6.20 Å². The van der Waals surface area contributed by atoms with Gasteiger partial charge in [0, 0.05) is 5.41 Å². The zero-order valence-corrected chi connectivity index (χ0v) is 6.38. The van der Waals surface area contributed by atoms with Crippen molar-refractivity contribution in [1.29, 1.82) is 0 Å². The van der Waals surface area contributed by atoms with Gasteiger partial charge in [-0.1, -0.05) is 20.8 Å². The molecule has 3 nitrogen and oxygen atoms in total. The van der Waals surface area contributed by atoms with Crippen molar-refractivity contribution in [2.75, 3.05) is 0 Å². The number of oxazole rings is 1. The van der Waals surface area contributed by atoms with Crippen LogP contribution < -0.4 is 0 Å². The molecule has 0 aromatic carbocycles. The molecule has 0 radical (unpaired) electrons. The Morgan fingerprint density at radius 2 is 2.10 bits per heavy atom. The fraction of sp³-hybridized carbons (Fsp3) is 0.571. The van der Waals surface area contributed by atoms with Gasteiger partial charge in [-0.15, -0.1) is 0 Å². The van der Waals surface area contributed by atoms with Crippen LogP contribution in [0.25, 0.3) is 0 Å². The zero-order valence-electron chi connectivity index (χ0n) is 6.38. The van der Waals surface area contributed by atoms with Crippen LogP contribution in [0.3, 0.4) is 0 Å². The fourth-order valence-electron chi connectivity index (χ4n) is 0.612. The summed E-state index contributed by atoms with van der Waals surface area (Å²) in [6, 6.07) is 0. The molecular formula is C7H11NO2. The summed E-state index contributed by atoms with van der Waals surface area (Å²) in [6.07, 6.45) is 1.31. The molecule has 0 atom stereocenters. The fourth-order valence-corrected chi connectivity index (χ4v) is 0.612. The lowest BCUT2D eigenvalue weighted by atomic mass is 9.97. The molecule has 10 heavy (non-hydrogen) atoms. The number of rotatable bonds is 0. The van der Waals surface area contributed by atoms with Crippen LogP contribution in [0.1, 0.15) is 26.7 Å². The molecule has 0 aliphatic carbocycles. The van der Waals surface area contributed by atoms with Crippen LogP contribution in [0.2, 0.25) is 0 Å². The van der Waals surface area contributed by atoms with Gasteiger partial charge in [0.1, 0.15) is 6.20 Å². The summed E-state index contributed by atoms with van der Waals surface area (Å²) in [5.74, 6) is 0.440. The van der Waals surface area contributed by atoms with Crippen LogP contribution in [0.15, 0.2) is 10.6 Å². The topological polar surface area (TPSA) is 46.3 Å². The standard InChI is InChI=1S/C7H11NO2/c1-7(2,3)6-8-4-5(9)10-6/h4,9H,1-3H3. The average molecular weight is 141 g/mol. The van der Waals surface area contributed by atoms with E-state index in [1.54, 1.807) is 0 Å². The Morgan fingerprint density at radius 1 is 1.50 bits per heavy atom. The summed E-state index contributed by atoms with van der Waals surface area (Å²) >= 11 is 0. The molecular weight excluding hydrogens is 130 g/mol. The van der Waals surface area contributed by atoms with Crippen molar-refractivity contribution in [2.45, 2.75) is 26.2 Å². The summed E-state index contributed by atoms with van der Waals surface area (Å²) in [6.45, 7) is 5.91.